The standard InChI is InChI=1S/C17H23ClN2O3/c18-16-6-4-15(5-7-16)14-23-17(22)20-11-9-19(10-12-20)8-2-1-3-13-21/h4-7,13H,1-3,8-12,14H2. The molecule has 1 saturated heterocycles. The highest BCUT2D eigenvalue weighted by Gasteiger charge is 2.21. The van der Waals surface area contributed by atoms with Gasteiger partial charge in [-0.15, -0.1) is 0 Å². The van der Waals surface area contributed by atoms with Crippen LogP contribution in [0.5, 0.6) is 0 Å². The van der Waals surface area contributed by atoms with Gasteiger partial charge in [0.2, 0.25) is 0 Å². The molecule has 5 nitrogen and oxygen atoms in total. The number of nitrogens with zero attached hydrogens (tertiary/aromatic N) is 2. The van der Waals surface area contributed by atoms with Crippen LogP contribution in [0.15, 0.2) is 24.3 Å². The summed E-state index contributed by atoms with van der Waals surface area (Å²) in [6.45, 7) is 4.35. The molecule has 0 N–H and O–H groups in total. The molecule has 0 bridgehead atoms. The number of amides is 1. The first-order chi connectivity index (χ1) is 11.2. The fourth-order valence-corrected chi connectivity index (χ4v) is 2.66. The molecule has 1 amide bonds. The number of ether oxygens (including phenoxy) is 1. The third-order valence-electron chi connectivity index (χ3n) is 3.95. The van der Waals surface area contributed by atoms with Gasteiger partial charge in [-0.25, -0.2) is 4.79 Å². The largest absolute Gasteiger partial charge is 0.445 e. The third kappa shape index (κ3) is 6.20. The topological polar surface area (TPSA) is 49.9 Å². The number of aldehydes is 1. The van der Waals surface area contributed by atoms with Crippen LogP contribution in [-0.2, 0) is 16.1 Å². The second-order valence-corrected chi connectivity index (χ2v) is 6.11. The van der Waals surface area contributed by atoms with Crippen molar-refractivity contribution in [3.05, 3.63) is 34.9 Å². The normalized spacial score (nSPS) is 15.4. The van der Waals surface area contributed by atoms with Crippen molar-refractivity contribution >= 4 is 24.0 Å². The Morgan fingerprint density at radius 2 is 1.83 bits per heavy atom. The lowest BCUT2D eigenvalue weighted by Crippen LogP contribution is -2.48. The zero-order valence-electron chi connectivity index (χ0n) is 13.2. The van der Waals surface area contributed by atoms with Crippen molar-refractivity contribution in [1.29, 1.82) is 0 Å². The molecular weight excluding hydrogens is 316 g/mol. The summed E-state index contributed by atoms with van der Waals surface area (Å²) in [5.41, 5.74) is 0.927. The van der Waals surface area contributed by atoms with Gasteiger partial charge in [0, 0.05) is 37.6 Å². The number of carbonyl (C=O) groups excluding carboxylic acids is 2. The lowest BCUT2D eigenvalue weighted by Gasteiger charge is -2.34. The fraction of sp³-hybridized carbons (Fsp3) is 0.529. The van der Waals surface area contributed by atoms with Gasteiger partial charge in [0.25, 0.3) is 0 Å². The summed E-state index contributed by atoms with van der Waals surface area (Å²) >= 11 is 5.83. The van der Waals surface area contributed by atoms with Crippen LogP contribution in [0.1, 0.15) is 24.8 Å². The van der Waals surface area contributed by atoms with Gasteiger partial charge >= 0.3 is 6.09 Å². The summed E-state index contributed by atoms with van der Waals surface area (Å²) in [7, 11) is 0. The number of hydrogen-bond donors (Lipinski definition) is 0. The van der Waals surface area contributed by atoms with E-state index in [0.717, 1.165) is 44.3 Å². The van der Waals surface area contributed by atoms with Crippen LogP contribution < -0.4 is 0 Å². The van der Waals surface area contributed by atoms with E-state index < -0.39 is 0 Å². The molecule has 1 aromatic carbocycles. The van der Waals surface area contributed by atoms with Crippen molar-refractivity contribution in [2.45, 2.75) is 25.9 Å². The Bertz CT molecular complexity index is 499. The Kier molecular flexibility index (Phi) is 7.36. The Labute approximate surface area is 142 Å². The fourth-order valence-electron chi connectivity index (χ4n) is 2.53. The van der Waals surface area contributed by atoms with Crippen LogP contribution >= 0.6 is 11.6 Å². The van der Waals surface area contributed by atoms with Gasteiger partial charge in [-0.3, -0.25) is 4.90 Å². The average Bonchev–Trinajstić information content (AvgIpc) is 2.58. The van der Waals surface area contributed by atoms with Gasteiger partial charge in [0.05, 0.1) is 0 Å². The van der Waals surface area contributed by atoms with Crippen molar-refractivity contribution in [2.75, 3.05) is 32.7 Å². The van der Waals surface area contributed by atoms with E-state index in [1.54, 1.807) is 17.0 Å². The molecule has 23 heavy (non-hydrogen) atoms. The predicted octanol–water partition coefficient (Wildman–Crippen LogP) is 2.96. The number of halogens is 1. The maximum Gasteiger partial charge on any atom is 0.410 e. The average molecular weight is 339 g/mol. The van der Waals surface area contributed by atoms with E-state index in [1.807, 2.05) is 12.1 Å². The highest BCUT2D eigenvalue weighted by atomic mass is 35.5. The molecule has 6 heteroatoms. The van der Waals surface area contributed by atoms with Crippen LogP contribution in [0.25, 0.3) is 0 Å². The van der Waals surface area contributed by atoms with Crippen molar-refractivity contribution in [1.82, 2.24) is 9.80 Å². The number of rotatable bonds is 7. The molecule has 0 aromatic heterocycles. The van der Waals surface area contributed by atoms with Gasteiger partial charge in [-0.1, -0.05) is 23.7 Å². The van der Waals surface area contributed by atoms with E-state index >= 15 is 0 Å². The summed E-state index contributed by atoms with van der Waals surface area (Å²) < 4.78 is 5.34. The SMILES string of the molecule is O=CCCCCN1CCN(C(=O)OCc2ccc(Cl)cc2)CC1. The number of carbonyl (C=O) groups is 2. The minimum absolute atomic E-state index is 0.263. The molecule has 0 saturated carbocycles. The molecule has 1 heterocycles. The second-order valence-electron chi connectivity index (χ2n) is 5.67. The summed E-state index contributed by atoms with van der Waals surface area (Å²) in [6, 6.07) is 7.28. The third-order valence-corrected chi connectivity index (χ3v) is 4.20. The monoisotopic (exact) mass is 338 g/mol. The van der Waals surface area contributed by atoms with Crippen molar-refractivity contribution in [3.8, 4) is 0 Å². The minimum atomic E-state index is -0.263. The summed E-state index contributed by atoms with van der Waals surface area (Å²) in [5.74, 6) is 0. The minimum Gasteiger partial charge on any atom is -0.445 e. The van der Waals surface area contributed by atoms with Crippen molar-refractivity contribution < 1.29 is 14.3 Å². The molecule has 0 aliphatic carbocycles. The molecule has 1 fully saturated rings. The Balaban J connectivity index is 1.65. The van der Waals surface area contributed by atoms with E-state index in [-0.39, 0.29) is 12.7 Å². The van der Waals surface area contributed by atoms with E-state index in [1.165, 1.54) is 0 Å². The predicted molar refractivity (Wildman–Crippen MR) is 89.6 cm³/mol. The van der Waals surface area contributed by atoms with Crippen LogP contribution in [0.4, 0.5) is 4.79 Å². The lowest BCUT2D eigenvalue weighted by molar-refractivity contribution is -0.107. The van der Waals surface area contributed by atoms with Crippen molar-refractivity contribution in [2.24, 2.45) is 0 Å². The molecule has 0 unspecified atom stereocenters. The molecule has 1 aliphatic rings. The molecule has 0 spiro atoms. The van der Waals surface area contributed by atoms with E-state index in [0.29, 0.717) is 24.5 Å². The molecule has 1 aliphatic heterocycles. The number of piperazine rings is 1. The number of benzene rings is 1. The molecule has 0 atom stereocenters. The molecule has 1 aromatic rings. The molecular formula is C17H23ClN2O3. The number of hydrogen-bond acceptors (Lipinski definition) is 4. The zero-order chi connectivity index (χ0) is 16.5. The van der Waals surface area contributed by atoms with E-state index in [4.69, 9.17) is 16.3 Å². The first-order valence-electron chi connectivity index (χ1n) is 8.01. The second kappa shape index (κ2) is 9.53. The first kappa shape index (κ1) is 17.8. The van der Waals surface area contributed by atoms with E-state index in [2.05, 4.69) is 4.90 Å². The van der Waals surface area contributed by atoms with Gasteiger partial charge in [0.15, 0.2) is 0 Å². The summed E-state index contributed by atoms with van der Waals surface area (Å²) in [4.78, 5) is 26.4. The lowest BCUT2D eigenvalue weighted by atomic mass is 10.2. The van der Waals surface area contributed by atoms with Crippen LogP contribution in [0, 0.1) is 0 Å². The molecule has 2 rings (SSSR count). The number of unbranched alkanes of at least 4 members (excludes halogenated alkanes) is 2. The Morgan fingerprint density at radius 1 is 1.13 bits per heavy atom. The Hall–Kier alpha value is -1.59. The molecule has 126 valence electrons. The quantitative estimate of drug-likeness (QED) is 0.566. The van der Waals surface area contributed by atoms with Gasteiger partial charge in [-0.2, -0.15) is 0 Å². The first-order valence-corrected chi connectivity index (χ1v) is 8.39. The van der Waals surface area contributed by atoms with Crippen molar-refractivity contribution in [3.63, 3.8) is 0 Å². The smallest absolute Gasteiger partial charge is 0.410 e. The van der Waals surface area contributed by atoms with Gasteiger partial charge in [0.1, 0.15) is 12.9 Å². The van der Waals surface area contributed by atoms with Crippen LogP contribution in [0.3, 0.4) is 0 Å². The summed E-state index contributed by atoms with van der Waals surface area (Å²) in [6.07, 6.45) is 3.30. The van der Waals surface area contributed by atoms with Gasteiger partial charge in [-0.05, 0) is 37.1 Å². The zero-order valence-corrected chi connectivity index (χ0v) is 14.0. The summed E-state index contributed by atoms with van der Waals surface area (Å²) in [5, 5.41) is 0.671. The highest BCUT2D eigenvalue weighted by molar-refractivity contribution is 6.30. The van der Waals surface area contributed by atoms with E-state index in [9.17, 15) is 9.59 Å². The Morgan fingerprint density at radius 3 is 2.48 bits per heavy atom. The maximum atomic E-state index is 12.1. The maximum absolute atomic E-state index is 12.1. The van der Waals surface area contributed by atoms with Gasteiger partial charge < -0.3 is 14.4 Å². The van der Waals surface area contributed by atoms with Crippen LogP contribution in [0.2, 0.25) is 5.02 Å². The van der Waals surface area contributed by atoms with Crippen LogP contribution in [-0.4, -0.2) is 54.9 Å². The molecule has 0 radical (unpaired) electrons. The highest BCUT2D eigenvalue weighted by Crippen LogP contribution is 2.11.